The van der Waals surface area contributed by atoms with E-state index in [4.69, 9.17) is 11.1 Å². The molecule has 0 saturated carbocycles. The number of hydrogen-bond donors (Lipinski definition) is 3. The normalized spacial score (nSPS) is 19.9. The second-order valence-electron chi connectivity index (χ2n) is 5.56. The Morgan fingerprint density at radius 3 is 2.17 bits per heavy atom. The minimum atomic E-state index is -3.42. The van der Waals surface area contributed by atoms with Crippen LogP contribution in [0.1, 0.15) is 20.8 Å². The van der Waals surface area contributed by atoms with Crippen LogP contribution in [0.3, 0.4) is 0 Å². The smallest absolute Gasteiger partial charge is 0.280 e. The Morgan fingerprint density at radius 2 is 1.78 bits per heavy atom. The summed E-state index contributed by atoms with van der Waals surface area (Å²) in [6.07, 6.45) is 0. The molecule has 8 heteroatoms. The van der Waals surface area contributed by atoms with E-state index in [1.54, 1.807) is 0 Å². The SMILES string of the molecule is CC(C)(C)NS(=O)(=O)N1CCN(CC(=N)N)CC1. The summed E-state index contributed by atoms with van der Waals surface area (Å²) >= 11 is 0. The predicted molar refractivity (Wildman–Crippen MR) is 71.7 cm³/mol. The van der Waals surface area contributed by atoms with E-state index < -0.39 is 15.7 Å². The fourth-order valence-electron chi connectivity index (χ4n) is 1.82. The fourth-order valence-corrected chi connectivity index (χ4v) is 3.37. The molecule has 1 fully saturated rings. The lowest BCUT2D eigenvalue weighted by Gasteiger charge is -2.35. The molecule has 0 aromatic carbocycles. The quantitative estimate of drug-likeness (QED) is 0.461. The van der Waals surface area contributed by atoms with Gasteiger partial charge < -0.3 is 5.73 Å². The highest BCUT2D eigenvalue weighted by molar-refractivity contribution is 7.87. The highest BCUT2D eigenvalue weighted by Crippen LogP contribution is 2.09. The van der Waals surface area contributed by atoms with E-state index in [1.165, 1.54) is 4.31 Å². The van der Waals surface area contributed by atoms with Crippen LogP contribution in [0, 0.1) is 5.41 Å². The summed E-state index contributed by atoms with van der Waals surface area (Å²) in [7, 11) is -3.42. The molecule has 4 N–H and O–H groups in total. The zero-order valence-electron chi connectivity index (χ0n) is 11.2. The molecule has 7 nitrogen and oxygen atoms in total. The zero-order valence-corrected chi connectivity index (χ0v) is 12.0. The van der Waals surface area contributed by atoms with E-state index >= 15 is 0 Å². The largest absolute Gasteiger partial charge is 0.387 e. The molecule has 1 aliphatic heterocycles. The number of hydrogen-bond acceptors (Lipinski definition) is 4. The fraction of sp³-hybridized carbons (Fsp3) is 0.900. The summed E-state index contributed by atoms with van der Waals surface area (Å²) in [5.41, 5.74) is 4.85. The van der Waals surface area contributed by atoms with Gasteiger partial charge in [0.1, 0.15) is 5.84 Å². The van der Waals surface area contributed by atoms with Crippen molar-refractivity contribution < 1.29 is 8.42 Å². The molecule has 0 spiro atoms. The number of rotatable bonds is 4. The minimum Gasteiger partial charge on any atom is -0.387 e. The monoisotopic (exact) mass is 277 g/mol. The van der Waals surface area contributed by atoms with Gasteiger partial charge in [-0.25, -0.2) is 0 Å². The van der Waals surface area contributed by atoms with Gasteiger partial charge in [-0.15, -0.1) is 0 Å². The Balaban J connectivity index is 2.55. The van der Waals surface area contributed by atoms with Crippen LogP contribution in [0.5, 0.6) is 0 Å². The van der Waals surface area contributed by atoms with Crippen LogP contribution < -0.4 is 10.5 Å². The molecule has 1 saturated heterocycles. The summed E-state index contributed by atoms with van der Waals surface area (Å²) in [6, 6.07) is 0. The average molecular weight is 277 g/mol. The Kier molecular flexibility index (Phi) is 4.71. The van der Waals surface area contributed by atoms with Crippen molar-refractivity contribution in [3.63, 3.8) is 0 Å². The van der Waals surface area contributed by atoms with E-state index in [1.807, 2.05) is 25.7 Å². The molecule has 0 bridgehead atoms. The van der Waals surface area contributed by atoms with Gasteiger partial charge in [-0.3, -0.25) is 10.3 Å². The van der Waals surface area contributed by atoms with Crippen LogP contribution >= 0.6 is 0 Å². The van der Waals surface area contributed by atoms with Gasteiger partial charge in [0.25, 0.3) is 10.2 Å². The first-order valence-electron chi connectivity index (χ1n) is 5.94. The minimum absolute atomic E-state index is 0.110. The summed E-state index contributed by atoms with van der Waals surface area (Å²) < 4.78 is 28.2. The van der Waals surface area contributed by atoms with Crippen molar-refractivity contribution in [3.05, 3.63) is 0 Å². The Bertz CT molecular complexity index is 393. The third-order valence-corrected chi connectivity index (χ3v) is 4.42. The first-order chi connectivity index (χ1) is 8.10. The molecule has 18 heavy (non-hydrogen) atoms. The molecule has 0 aliphatic carbocycles. The third-order valence-electron chi connectivity index (χ3n) is 2.50. The predicted octanol–water partition coefficient (Wildman–Crippen LogP) is -0.827. The Hall–Kier alpha value is -0.700. The van der Waals surface area contributed by atoms with Crippen molar-refractivity contribution in [3.8, 4) is 0 Å². The van der Waals surface area contributed by atoms with Gasteiger partial charge >= 0.3 is 0 Å². The molecular weight excluding hydrogens is 254 g/mol. The van der Waals surface area contributed by atoms with Gasteiger partial charge in [-0.1, -0.05) is 0 Å². The highest BCUT2D eigenvalue weighted by Gasteiger charge is 2.29. The van der Waals surface area contributed by atoms with Gasteiger partial charge in [-0.2, -0.15) is 17.4 Å². The number of nitrogens with two attached hydrogens (primary N) is 1. The van der Waals surface area contributed by atoms with Gasteiger partial charge in [0, 0.05) is 31.7 Å². The molecule has 0 atom stereocenters. The van der Waals surface area contributed by atoms with E-state index in [9.17, 15) is 8.42 Å². The molecule has 106 valence electrons. The lowest BCUT2D eigenvalue weighted by molar-refractivity contribution is 0.206. The summed E-state index contributed by atoms with van der Waals surface area (Å²) in [6.45, 7) is 7.91. The molecule has 0 radical (unpaired) electrons. The molecule has 0 unspecified atom stereocenters. The maximum absolute atomic E-state index is 12.1. The molecular formula is C10H23N5O2S. The number of nitrogens with zero attached hydrogens (tertiary/aromatic N) is 2. The van der Waals surface area contributed by atoms with E-state index in [0.29, 0.717) is 32.7 Å². The van der Waals surface area contributed by atoms with Gasteiger partial charge in [0.05, 0.1) is 6.54 Å². The van der Waals surface area contributed by atoms with Crippen LogP contribution in [0.25, 0.3) is 0 Å². The maximum Gasteiger partial charge on any atom is 0.280 e. The lowest BCUT2D eigenvalue weighted by Crippen LogP contribution is -2.55. The van der Waals surface area contributed by atoms with Crippen LogP contribution in [0.2, 0.25) is 0 Å². The Morgan fingerprint density at radius 1 is 1.28 bits per heavy atom. The first-order valence-corrected chi connectivity index (χ1v) is 7.38. The second-order valence-corrected chi connectivity index (χ2v) is 7.23. The second kappa shape index (κ2) is 5.52. The topological polar surface area (TPSA) is 103 Å². The van der Waals surface area contributed by atoms with Crippen LogP contribution in [0.4, 0.5) is 0 Å². The Labute approximate surface area is 109 Å². The third kappa shape index (κ3) is 4.89. The van der Waals surface area contributed by atoms with Gasteiger partial charge in [0.15, 0.2) is 0 Å². The molecule has 0 amide bonds. The average Bonchev–Trinajstić information content (AvgIpc) is 2.13. The van der Waals surface area contributed by atoms with Crippen molar-refractivity contribution in [1.82, 2.24) is 13.9 Å². The molecule has 0 aromatic heterocycles. The van der Waals surface area contributed by atoms with E-state index in [-0.39, 0.29) is 5.84 Å². The van der Waals surface area contributed by atoms with Crippen molar-refractivity contribution in [2.45, 2.75) is 26.3 Å². The molecule has 0 aromatic rings. The van der Waals surface area contributed by atoms with Crippen LogP contribution in [-0.2, 0) is 10.2 Å². The van der Waals surface area contributed by atoms with Crippen LogP contribution in [-0.4, -0.2) is 61.7 Å². The first kappa shape index (κ1) is 15.4. The summed E-state index contributed by atoms with van der Waals surface area (Å²) in [5, 5.41) is 7.21. The maximum atomic E-state index is 12.1. The molecule has 1 heterocycles. The number of nitrogens with one attached hydrogen (secondary N) is 2. The number of amidine groups is 1. The van der Waals surface area contributed by atoms with Crippen molar-refractivity contribution in [1.29, 1.82) is 5.41 Å². The summed E-state index contributed by atoms with van der Waals surface area (Å²) in [4.78, 5) is 1.98. The lowest BCUT2D eigenvalue weighted by atomic mass is 10.1. The van der Waals surface area contributed by atoms with Crippen LogP contribution in [0.15, 0.2) is 0 Å². The highest BCUT2D eigenvalue weighted by atomic mass is 32.2. The molecule has 1 rings (SSSR count). The zero-order chi connectivity index (χ0) is 14.0. The molecule has 1 aliphatic rings. The van der Waals surface area contributed by atoms with Crippen molar-refractivity contribution >= 4 is 16.0 Å². The number of piperazine rings is 1. The van der Waals surface area contributed by atoms with Crippen molar-refractivity contribution in [2.24, 2.45) is 5.73 Å². The van der Waals surface area contributed by atoms with Gasteiger partial charge in [0.2, 0.25) is 0 Å². The standard InChI is InChI=1S/C10H23N5O2S/c1-10(2,3)13-18(16,17)15-6-4-14(5-7-15)8-9(11)12/h13H,4-8H2,1-3H3,(H3,11,12). The summed E-state index contributed by atoms with van der Waals surface area (Å²) in [5.74, 6) is 0.110. The van der Waals surface area contributed by atoms with E-state index in [0.717, 1.165) is 0 Å². The van der Waals surface area contributed by atoms with Crippen molar-refractivity contribution in [2.75, 3.05) is 32.7 Å². The van der Waals surface area contributed by atoms with Gasteiger partial charge in [-0.05, 0) is 20.8 Å². The van der Waals surface area contributed by atoms with E-state index in [2.05, 4.69) is 4.72 Å².